The van der Waals surface area contributed by atoms with E-state index in [0.29, 0.717) is 0 Å². The lowest BCUT2D eigenvalue weighted by atomic mass is 10.1. The van der Waals surface area contributed by atoms with Crippen molar-refractivity contribution < 1.29 is 18.3 Å². The Labute approximate surface area is 73.1 Å². The smallest absolute Gasteiger partial charge is 0.416 e. The lowest BCUT2D eigenvalue weighted by Crippen LogP contribution is -2.04. The molecule has 0 atom stereocenters. The minimum absolute atomic E-state index is 0.242. The highest BCUT2D eigenvalue weighted by atomic mass is 19.4. The number of rotatable bonds is 1. The Morgan fingerprint density at radius 3 is 1.92 bits per heavy atom. The summed E-state index contributed by atoms with van der Waals surface area (Å²) < 4.78 is 36.1. The van der Waals surface area contributed by atoms with Crippen LogP contribution in [0.4, 0.5) is 13.2 Å². The Bertz CT molecular complexity index is 311. The second kappa shape index (κ2) is 3.12. The van der Waals surface area contributed by atoms with Gasteiger partial charge in [-0.15, -0.1) is 0 Å². The molecule has 1 aromatic rings. The van der Waals surface area contributed by atoms with E-state index >= 15 is 0 Å². The van der Waals surface area contributed by atoms with Gasteiger partial charge in [0.05, 0.1) is 5.56 Å². The minimum atomic E-state index is -4.34. The molecule has 70 valence electrons. The molecule has 0 spiro atoms. The highest BCUT2D eigenvalue weighted by Crippen LogP contribution is 2.29. The van der Waals surface area contributed by atoms with Crippen LogP contribution in [-0.4, -0.2) is 5.11 Å². The van der Waals surface area contributed by atoms with Crippen LogP contribution < -0.4 is 0 Å². The van der Waals surface area contributed by atoms with Gasteiger partial charge in [0.1, 0.15) is 5.76 Å². The van der Waals surface area contributed by atoms with Crippen molar-refractivity contribution in [1.29, 1.82) is 0 Å². The lowest BCUT2D eigenvalue weighted by Gasteiger charge is -2.06. The average molecular weight is 188 g/mol. The summed E-state index contributed by atoms with van der Waals surface area (Å²) in [5.41, 5.74) is -0.453. The second-order valence-corrected chi connectivity index (χ2v) is 2.52. The minimum Gasteiger partial charge on any atom is -0.508 e. The van der Waals surface area contributed by atoms with Gasteiger partial charge in [-0.05, 0) is 12.1 Å². The van der Waals surface area contributed by atoms with Crippen LogP contribution in [0.1, 0.15) is 11.1 Å². The van der Waals surface area contributed by atoms with Crippen molar-refractivity contribution in [3.63, 3.8) is 0 Å². The molecule has 4 heteroatoms. The fourth-order valence-corrected chi connectivity index (χ4v) is 0.852. The van der Waals surface area contributed by atoms with Crippen LogP contribution in [-0.2, 0) is 6.18 Å². The van der Waals surface area contributed by atoms with Gasteiger partial charge in [-0.1, -0.05) is 18.7 Å². The van der Waals surface area contributed by atoms with Crippen molar-refractivity contribution in [3.05, 3.63) is 42.0 Å². The summed E-state index contributed by atoms with van der Waals surface area (Å²) in [5, 5.41) is 8.84. The molecule has 0 bridgehead atoms. The summed E-state index contributed by atoms with van der Waals surface area (Å²) in [4.78, 5) is 0. The van der Waals surface area contributed by atoms with E-state index in [0.717, 1.165) is 12.1 Å². The zero-order valence-corrected chi connectivity index (χ0v) is 6.60. The van der Waals surface area contributed by atoms with Crippen LogP contribution in [0.25, 0.3) is 5.76 Å². The first-order valence-electron chi connectivity index (χ1n) is 3.47. The van der Waals surface area contributed by atoms with Gasteiger partial charge in [0.15, 0.2) is 0 Å². The quantitative estimate of drug-likeness (QED) is 0.671. The van der Waals surface area contributed by atoms with E-state index in [9.17, 15) is 13.2 Å². The average Bonchev–Trinajstić information content (AvgIpc) is 2.03. The first kappa shape index (κ1) is 9.64. The van der Waals surface area contributed by atoms with Crippen LogP contribution in [0.2, 0.25) is 0 Å². The zero-order valence-electron chi connectivity index (χ0n) is 6.60. The lowest BCUT2D eigenvalue weighted by molar-refractivity contribution is -0.137. The standard InChI is InChI=1S/C9H7F3O/c1-6(13)7-2-4-8(5-3-7)9(10,11)12/h2-5,13H,1H2. The maximum Gasteiger partial charge on any atom is 0.416 e. The van der Waals surface area contributed by atoms with Gasteiger partial charge in [-0.3, -0.25) is 0 Å². The summed E-state index contributed by atoms with van der Waals surface area (Å²) >= 11 is 0. The monoisotopic (exact) mass is 188 g/mol. The molecule has 0 aromatic heterocycles. The Kier molecular flexibility index (Phi) is 2.32. The van der Waals surface area contributed by atoms with Gasteiger partial charge in [-0.2, -0.15) is 13.2 Å². The van der Waals surface area contributed by atoms with Gasteiger partial charge in [0.25, 0.3) is 0 Å². The fraction of sp³-hybridized carbons (Fsp3) is 0.111. The van der Waals surface area contributed by atoms with E-state index in [4.69, 9.17) is 5.11 Å². The third-order valence-corrected chi connectivity index (χ3v) is 1.55. The molecular weight excluding hydrogens is 181 g/mol. The SMILES string of the molecule is C=C(O)c1ccc(C(F)(F)F)cc1. The molecule has 0 aliphatic heterocycles. The van der Waals surface area contributed by atoms with E-state index in [1.807, 2.05) is 0 Å². The number of hydrogen-bond acceptors (Lipinski definition) is 1. The molecular formula is C9H7F3O. The van der Waals surface area contributed by atoms with Crippen LogP contribution in [0.3, 0.4) is 0 Å². The number of benzene rings is 1. The molecule has 1 N–H and O–H groups in total. The third kappa shape index (κ3) is 2.24. The second-order valence-electron chi connectivity index (χ2n) is 2.52. The van der Waals surface area contributed by atoms with Gasteiger partial charge in [0, 0.05) is 5.56 Å². The third-order valence-electron chi connectivity index (χ3n) is 1.55. The maximum atomic E-state index is 12.0. The van der Waals surface area contributed by atoms with Gasteiger partial charge in [-0.25, -0.2) is 0 Å². The van der Waals surface area contributed by atoms with Crippen molar-refractivity contribution >= 4 is 5.76 Å². The van der Waals surface area contributed by atoms with Gasteiger partial charge >= 0.3 is 6.18 Å². The number of aliphatic hydroxyl groups excluding tert-OH is 1. The molecule has 0 heterocycles. The van der Waals surface area contributed by atoms with Crippen LogP contribution >= 0.6 is 0 Å². The number of halogens is 3. The molecule has 0 saturated heterocycles. The molecule has 1 nitrogen and oxygen atoms in total. The number of aliphatic hydroxyl groups is 1. The Morgan fingerprint density at radius 2 is 1.62 bits per heavy atom. The maximum absolute atomic E-state index is 12.0. The van der Waals surface area contributed by atoms with Crippen molar-refractivity contribution in [3.8, 4) is 0 Å². The molecule has 1 rings (SSSR count). The summed E-state index contributed by atoms with van der Waals surface area (Å²) in [6, 6.07) is 4.14. The first-order chi connectivity index (χ1) is 5.91. The van der Waals surface area contributed by atoms with Crippen LogP contribution in [0.15, 0.2) is 30.8 Å². The van der Waals surface area contributed by atoms with E-state index in [1.165, 1.54) is 12.1 Å². The van der Waals surface area contributed by atoms with Gasteiger partial charge in [0.2, 0.25) is 0 Å². The highest BCUT2D eigenvalue weighted by Gasteiger charge is 2.29. The van der Waals surface area contributed by atoms with Crippen molar-refractivity contribution in [2.24, 2.45) is 0 Å². The van der Waals surface area contributed by atoms with Crippen LogP contribution in [0, 0.1) is 0 Å². The summed E-state index contributed by atoms with van der Waals surface area (Å²) in [6.45, 7) is 3.19. The van der Waals surface area contributed by atoms with Crippen molar-refractivity contribution in [1.82, 2.24) is 0 Å². The molecule has 0 unspecified atom stereocenters. The molecule has 0 saturated carbocycles. The van der Waals surface area contributed by atoms with E-state index < -0.39 is 11.7 Å². The molecule has 13 heavy (non-hydrogen) atoms. The Hall–Kier alpha value is -1.45. The predicted octanol–water partition coefficient (Wildman–Crippen LogP) is 3.23. The van der Waals surface area contributed by atoms with Crippen LogP contribution in [0.5, 0.6) is 0 Å². The molecule has 0 fully saturated rings. The number of alkyl halides is 3. The highest BCUT2D eigenvalue weighted by molar-refractivity contribution is 5.56. The van der Waals surface area contributed by atoms with Crippen molar-refractivity contribution in [2.45, 2.75) is 6.18 Å². The zero-order chi connectivity index (χ0) is 10.1. The summed E-state index contributed by atoms with van der Waals surface area (Å²) in [5.74, 6) is -0.242. The van der Waals surface area contributed by atoms with E-state index in [-0.39, 0.29) is 11.3 Å². The fourth-order valence-electron chi connectivity index (χ4n) is 0.852. The molecule has 1 aromatic carbocycles. The molecule has 0 amide bonds. The molecule has 0 aliphatic carbocycles. The predicted molar refractivity (Wildman–Crippen MR) is 43.1 cm³/mol. The normalized spacial score (nSPS) is 11.3. The summed E-state index contributed by atoms with van der Waals surface area (Å²) in [7, 11) is 0. The largest absolute Gasteiger partial charge is 0.508 e. The molecule has 0 radical (unpaired) electrons. The van der Waals surface area contributed by atoms with Crippen molar-refractivity contribution in [2.75, 3.05) is 0 Å². The summed E-state index contributed by atoms with van der Waals surface area (Å²) in [6.07, 6.45) is -4.34. The van der Waals surface area contributed by atoms with E-state index in [1.54, 1.807) is 0 Å². The topological polar surface area (TPSA) is 20.2 Å². The molecule has 0 aliphatic rings. The first-order valence-corrected chi connectivity index (χ1v) is 3.47. The van der Waals surface area contributed by atoms with E-state index in [2.05, 4.69) is 6.58 Å². The number of hydrogen-bond donors (Lipinski definition) is 1. The Morgan fingerprint density at radius 1 is 1.15 bits per heavy atom. The Balaban J connectivity index is 3.01. The van der Waals surface area contributed by atoms with Gasteiger partial charge < -0.3 is 5.11 Å².